The zero-order chi connectivity index (χ0) is 9.03. The number of rotatable bonds is 3. The van der Waals surface area contributed by atoms with E-state index >= 15 is 0 Å². The fourth-order valence-electron chi connectivity index (χ4n) is 1.63. The van der Waals surface area contributed by atoms with E-state index in [0.29, 0.717) is 12.3 Å². The summed E-state index contributed by atoms with van der Waals surface area (Å²) in [5.41, 5.74) is 0.353. The molecule has 0 aliphatic carbocycles. The molecule has 0 bridgehead atoms. The van der Waals surface area contributed by atoms with E-state index in [2.05, 4.69) is 13.2 Å². The van der Waals surface area contributed by atoms with Crippen LogP contribution in [0, 0.1) is 0 Å². The van der Waals surface area contributed by atoms with Crippen LogP contribution >= 0.6 is 7.34 Å². The van der Waals surface area contributed by atoms with Gasteiger partial charge in [-0.2, -0.15) is 0 Å². The molecule has 72 valence electrons. The summed E-state index contributed by atoms with van der Waals surface area (Å²) < 4.78 is 5.33. The van der Waals surface area contributed by atoms with Crippen LogP contribution in [0.3, 0.4) is 0 Å². The maximum absolute atomic E-state index is 9.84. The Morgan fingerprint density at radius 3 is 3.00 bits per heavy atom. The second kappa shape index (κ2) is 4.45. The molecule has 0 aromatic carbocycles. The summed E-state index contributed by atoms with van der Waals surface area (Å²) in [6.07, 6.45) is 9.47. The number of hydrogen-bond donors (Lipinski definition) is 1. The standard InChI is InChI=1S/C9H19O2P/c1-3-4-6-9-7-5-8-11-12(9,2)10/h9-10H,2-8H2,1H3. The van der Waals surface area contributed by atoms with E-state index in [1.54, 1.807) is 0 Å². The first-order chi connectivity index (χ1) is 5.67. The minimum absolute atomic E-state index is 0.353. The molecule has 0 amide bonds. The van der Waals surface area contributed by atoms with Gasteiger partial charge in [-0.1, -0.05) is 26.1 Å². The minimum Gasteiger partial charge on any atom is -0.353 e. The Morgan fingerprint density at radius 1 is 1.67 bits per heavy atom. The molecule has 1 rings (SSSR count). The first-order valence-electron chi connectivity index (χ1n) is 4.77. The van der Waals surface area contributed by atoms with Crippen LogP contribution in [0.25, 0.3) is 0 Å². The molecular formula is C9H19O2P. The zero-order valence-electron chi connectivity index (χ0n) is 7.83. The largest absolute Gasteiger partial charge is 0.353 e. The zero-order valence-corrected chi connectivity index (χ0v) is 8.72. The van der Waals surface area contributed by atoms with Gasteiger partial charge in [0.05, 0.1) is 6.61 Å². The van der Waals surface area contributed by atoms with Gasteiger partial charge in [-0.3, -0.25) is 0 Å². The Kier molecular flexibility index (Phi) is 3.82. The maximum atomic E-state index is 9.84. The van der Waals surface area contributed by atoms with Gasteiger partial charge in [0.1, 0.15) is 7.34 Å². The van der Waals surface area contributed by atoms with Crippen LogP contribution < -0.4 is 0 Å². The van der Waals surface area contributed by atoms with Crippen LogP contribution in [0.4, 0.5) is 0 Å². The third-order valence-electron chi connectivity index (χ3n) is 2.46. The fraction of sp³-hybridized carbons (Fsp3) is 0.889. The van der Waals surface area contributed by atoms with Crippen molar-refractivity contribution in [1.82, 2.24) is 0 Å². The van der Waals surface area contributed by atoms with Crippen molar-refractivity contribution in [3.63, 3.8) is 0 Å². The first-order valence-corrected chi connectivity index (χ1v) is 6.68. The van der Waals surface area contributed by atoms with E-state index in [9.17, 15) is 4.89 Å². The predicted molar refractivity (Wildman–Crippen MR) is 54.8 cm³/mol. The van der Waals surface area contributed by atoms with Crippen molar-refractivity contribution in [2.24, 2.45) is 0 Å². The quantitative estimate of drug-likeness (QED) is 0.693. The molecule has 12 heavy (non-hydrogen) atoms. The van der Waals surface area contributed by atoms with Crippen molar-refractivity contribution in [2.45, 2.75) is 44.7 Å². The lowest BCUT2D eigenvalue weighted by atomic mass is 10.1. The molecule has 0 radical (unpaired) electrons. The number of hydrogen-bond acceptors (Lipinski definition) is 2. The topological polar surface area (TPSA) is 29.5 Å². The van der Waals surface area contributed by atoms with Gasteiger partial charge in [0.15, 0.2) is 0 Å². The van der Waals surface area contributed by atoms with Crippen LogP contribution in [0.1, 0.15) is 39.0 Å². The van der Waals surface area contributed by atoms with Crippen molar-refractivity contribution < 1.29 is 9.42 Å². The molecule has 0 aromatic rings. The lowest BCUT2D eigenvalue weighted by Crippen LogP contribution is -2.17. The molecule has 2 nitrogen and oxygen atoms in total. The first kappa shape index (κ1) is 10.3. The van der Waals surface area contributed by atoms with Crippen LogP contribution in [-0.4, -0.2) is 23.5 Å². The van der Waals surface area contributed by atoms with E-state index in [1.165, 1.54) is 12.8 Å². The Balaban J connectivity index is 2.43. The normalized spacial score (nSPS) is 36.7. The van der Waals surface area contributed by atoms with E-state index in [1.807, 2.05) is 0 Å². The molecule has 0 aromatic heterocycles. The molecule has 0 saturated carbocycles. The van der Waals surface area contributed by atoms with Crippen molar-refractivity contribution in [3.05, 3.63) is 0 Å². The summed E-state index contributed by atoms with van der Waals surface area (Å²) in [4.78, 5) is 9.84. The Bertz CT molecular complexity index is 179. The third-order valence-corrected chi connectivity index (χ3v) is 4.75. The van der Waals surface area contributed by atoms with Crippen molar-refractivity contribution in [1.29, 1.82) is 0 Å². The van der Waals surface area contributed by atoms with Crippen LogP contribution in [0.2, 0.25) is 0 Å². The van der Waals surface area contributed by atoms with Crippen molar-refractivity contribution >= 4 is 13.6 Å². The predicted octanol–water partition coefficient (Wildman–Crippen LogP) is 2.63. The average molecular weight is 190 g/mol. The van der Waals surface area contributed by atoms with Gasteiger partial charge in [-0.15, -0.1) is 0 Å². The highest BCUT2D eigenvalue weighted by molar-refractivity contribution is 7.64. The van der Waals surface area contributed by atoms with Gasteiger partial charge in [0, 0.05) is 5.66 Å². The van der Waals surface area contributed by atoms with E-state index in [-0.39, 0.29) is 0 Å². The third kappa shape index (κ3) is 2.62. The van der Waals surface area contributed by atoms with E-state index < -0.39 is 7.34 Å². The molecule has 2 atom stereocenters. The average Bonchev–Trinajstić information content (AvgIpc) is 2.02. The van der Waals surface area contributed by atoms with Crippen LogP contribution in [0.5, 0.6) is 0 Å². The molecule has 3 heteroatoms. The highest BCUT2D eigenvalue weighted by atomic mass is 31.2. The molecule has 1 N–H and O–H groups in total. The monoisotopic (exact) mass is 190 g/mol. The lowest BCUT2D eigenvalue weighted by Gasteiger charge is -2.32. The summed E-state index contributed by atoms with van der Waals surface area (Å²) >= 11 is 0. The van der Waals surface area contributed by atoms with Gasteiger partial charge < -0.3 is 9.42 Å². The van der Waals surface area contributed by atoms with Crippen molar-refractivity contribution in [2.75, 3.05) is 6.61 Å². The van der Waals surface area contributed by atoms with E-state index in [0.717, 1.165) is 19.3 Å². The second-order valence-electron chi connectivity index (χ2n) is 3.53. The molecule has 1 aliphatic rings. The molecule has 2 unspecified atom stereocenters. The Labute approximate surface area is 75.1 Å². The van der Waals surface area contributed by atoms with Gasteiger partial charge in [0.2, 0.25) is 0 Å². The van der Waals surface area contributed by atoms with Crippen LogP contribution in [0.15, 0.2) is 0 Å². The van der Waals surface area contributed by atoms with Crippen molar-refractivity contribution in [3.8, 4) is 0 Å². The minimum atomic E-state index is -2.23. The summed E-state index contributed by atoms with van der Waals surface area (Å²) in [5.74, 6) is 0. The molecule has 1 fully saturated rings. The van der Waals surface area contributed by atoms with Gasteiger partial charge in [0.25, 0.3) is 0 Å². The van der Waals surface area contributed by atoms with Crippen LogP contribution in [-0.2, 0) is 4.52 Å². The molecule has 1 saturated heterocycles. The van der Waals surface area contributed by atoms with Gasteiger partial charge >= 0.3 is 0 Å². The lowest BCUT2D eigenvalue weighted by molar-refractivity contribution is 0.258. The maximum Gasteiger partial charge on any atom is 0.117 e. The summed E-state index contributed by atoms with van der Waals surface area (Å²) in [7, 11) is -2.23. The molecule has 1 aliphatic heterocycles. The van der Waals surface area contributed by atoms with Gasteiger partial charge in [-0.25, -0.2) is 0 Å². The Hall–Kier alpha value is 0.220. The molecule has 0 spiro atoms. The highest BCUT2D eigenvalue weighted by Gasteiger charge is 2.27. The summed E-state index contributed by atoms with van der Waals surface area (Å²) in [6.45, 7) is 2.88. The fourth-order valence-corrected chi connectivity index (χ4v) is 3.46. The Morgan fingerprint density at radius 2 is 2.42 bits per heavy atom. The van der Waals surface area contributed by atoms with E-state index in [4.69, 9.17) is 4.52 Å². The second-order valence-corrected chi connectivity index (χ2v) is 6.03. The SMILES string of the molecule is C=P1(O)OCCCC1CCCC. The molecular weight excluding hydrogens is 171 g/mol. The number of unbranched alkanes of at least 4 members (excludes halogenated alkanes) is 1. The smallest absolute Gasteiger partial charge is 0.117 e. The summed E-state index contributed by atoms with van der Waals surface area (Å²) in [5, 5.41) is 0. The van der Waals surface area contributed by atoms with Gasteiger partial charge in [-0.05, 0) is 19.3 Å². The molecule has 1 heterocycles. The highest BCUT2D eigenvalue weighted by Crippen LogP contribution is 2.53. The summed E-state index contributed by atoms with van der Waals surface area (Å²) in [6, 6.07) is 0.